The zero-order valence-corrected chi connectivity index (χ0v) is 5.34. The third-order valence-corrected chi connectivity index (χ3v) is 1.51. The molecule has 0 aromatic carbocycles. The van der Waals surface area contributed by atoms with E-state index in [1.54, 1.807) is 6.08 Å². The van der Waals surface area contributed by atoms with Gasteiger partial charge < -0.3 is 5.21 Å². The summed E-state index contributed by atoms with van der Waals surface area (Å²) in [6, 6.07) is 0. The molecule has 0 spiro atoms. The van der Waals surface area contributed by atoms with Gasteiger partial charge in [0.15, 0.2) is 0 Å². The van der Waals surface area contributed by atoms with E-state index in [2.05, 4.69) is 5.90 Å². The Hall–Kier alpha value is -0.930. The Balaban J connectivity index is 0.000000231. The molecule has 2 nitrogen and oxygen atoms in total. The normalized spacial score (nSPS) is 18.9. The molecular formula is C7H8FNO. The highest BCUT2D eigenvalue weighted by Gasteiger charge is 2.16. The third-order valence-electron chi connectivity index (χ3n) is 1.51. The molecule has 54 valence electrons. The molecule has 2 aliphatic carbocycles. The van der Waals surface area contributed by atoms with Crippen molar-refractivity contribution < 1.29 is 9.60 Å². The predicted molar refractivity (Wildman–Crippen MR) is 35.9 cm³/mol. The van der Waals surface area contributed by atoms with Crippen molar-refractivity contribution in [3.63, 3.8) is 0 Å². The summed E-state index contributed by atoms with van der Waals surface area (Å²) in [7, 11) is 0. The van der Waals surface area contributed by atoms with Gasteiger partial charge in [-0.1, -0.05) is 12.2 Å². The minimum atomic E-state index is -0.0394. The quantitative estimate of drug-likeness (QED) is 0.501. The number of nitrogens with two attached hydrogens (primary N) is 1. The van der Waals surface area contributed by atoms with Crippen LogP contribution in [0.2, 0.25) is 0 Å². The summed E-state index contributed by atoms with van der Waals surface area (Å²) in [5, 5.41) is 6.50. The molecule has 0 amide bonds. The van der Waals surface area contributed by atoms with Crippen molar-refractivity contribution >= 4 is 0 Å². The minimum absolute atomic E-state index is 0.0394. The lowest BCUT2D eigenvalue weighted by Gasteiger charge is -1.85. The van der Waals surface area contributed by atoms with Gasteiger partial charge in [-0.2, -0.15) is 0 Å². The Kier molecular flexibility index (Phi) is 1.99. The van der Waals surface area contributed by atoms with Crippen LogP contribution in [0.25, 0.3) is 0 Å². The number of hydrogen-bond donors (Lipinski definition) is 2. The van der Waals surface area contributed by atoms with Crippen molar-refractivity contribution in [3.8, 4) is 0 Å². The molecule has 0 aromatic rings. The maximum absolute atomic E-state index is 12.4. The Bertz CT molecular complexity index is 228. The maximum Gasteiger partial charge on any atom is 0.127 e. The average Bonchev–Trinajstić information content (AvgIpc) is 2.52. The van der Waals surface area contributed by atoms with Gasteiger partial charge in [-0.15, -0.1) is 0 Å². The Morgan fingerprint density at radius 3 is 2.30 bits per heavy atom. The Morgan fingerprint density at radius 1 is 1.40 bits per heavy atom. The van der Waals surface area contributed by atoms with E-state index in [9.17, 15) is 4.39 Å². The number of allylic oxidation sites excluding steroid dienone is 6. The molecule has 0 fully saturated rings. The van der Waals surface area contributed by atoms with E-state index in [1.807, 2.05) is 12.2 Å². The van der Waals surface area contributed by atoms with Gasteiger partial charge in [0.05, 0.1) is 0 Å². The molecule has 3 heteroatoms. The van der Waals surface area contributed by atoms with E-state index < -0.39 is 0 Å². The van der Waals surface area contributed by atoms with E-state index in [1.165, 1.54) is 0 Å². The SMILES string of the molecule is FC1=C2C=CC(=C1)C2.NO. The molecule has 2 bridgehead atoms. The van der Waals surface area contributed by atoms with E-state index in [-0.39, 0.29) is 5.83 Å². The molecule has 0 atom stereocenters. The molecule has 2 rings (SSSR count). The van der Waals surface area contributed by atoms with Crippen LogP contribution in [0.5, 0.6) is 0 Å². The fraction of sp³-hybridized carbons (Fsp3) is 0.143. The first-order valence-electron chi connectivity index (χ1n) is 2.89. The van der Waals surface area contributed by atoms with Crippen LogP contribution in [0.3, 0.4) is 0 Å². The van der Waals surface area contributed by atoms with Crippen LogP contribution in [-0.2, 0) is 0 Å². The molecule has 0 unspecified atom stereocenters. The van der Waals surface area contributed by atoms with Crippen LogP contribution in [0, 0.1) is 0 Å². The van der Waals surface area contributed by atoms with E-state index in [4.69, 9.17) is 5.21 Å². The number of hydrogen-bond acceptors (Lipinski definition) is 2. The van der Waals surface area contributed by atoms with Crippen LogP contribution in [0.15, 0.2) is 35.2 Å². The highest BCUT2D eigenvalue weighted by atomic mass is 19.1. The third kappa shape index (κ3) is 1.01. The summed E-state index contributed by atoms with van der Waals surface area (Å²) in [5.74, 6) is 3.46. The van der Waals surface area contributed by atoms with Gasteiger partial charge in [0.1, 0.15) is 5.83 Å². The van der Waals surface area contributed by atoms with Gasteiger partial charge >= 0.3 is 0 Å². The highest BCUT2D eigenvalue weighted by Crippen LogP contribution is 2.33. The van der Waals surface area contributed by atoms with E-state index in [0.29, 0.717) is 0 Å². The van der Waals surface area contributed by atoms with Crippen LogP contribution in [0.4, 0.5) is 4.39 Å². The van der Waals surface area contributed by atoms with Crippen molar-refractivity contribution in [3.05, 3.63) is 35.2 Å². The zero-order chi connectivity index (χ0) is 7.56. The molecular weight excluding hydrogens is 133 g/mol. The maximum atomic E-state index is 12.4. The molecule has 0 aliphatic heterocycles. The summed E-state index contributed by atoms with van der Waals surface area (Å²) < 4.78 is 12.4. The van der Waals surface area contributed by atoms with E-state index >= 15 is 0 Å². The molecule has 0 heterocycles. The van der Waals surface area contributed by atoms with Crippen LogP contribution >= 0.6 is 0 Å². The summed E-state index contributed by atoms with van der Waals surface area (Å²) >= 11 is 0. The average molecular weight is 141 g/mol. The second-order valence-electron chi connectivity index (χ2n) is 2.10. The fourth-order valence-corrected chi connectivity index (χ4v) is 1.06. The molecule has 3 N–H and O–H groups in total. The lowest BCUT2D eigenvalue weighted by molar-refractivity contribution is 0.311. The molecule has 10 heavy (non-hydrogen) atoms. The molecule has 0 saturated heterocycles. The van der Waals surface area contributed by atoms with Crippen LogP contribution in [0.1, 0.15) is 6.42 Å². The minimum Gasteiger partial charge on any atom is -0.320 e. The van der Waals surface area contributed by atoms with E-state index in [0.717, 1.165) is 17.6 Å². The number of rotatable bonds is 0. The monoisotopic (exact) mass is 141 g/mol. The first-order valence-corrected chi connectivity index (χ1v) is 2.89. The lowest BCUT2D eigenvalue weighted by atomic mass is 10.3. The summed E-state index contributed by atoms with van der Waals surface area (Å²) in [5.41, 5.74) is 1.96. The smallest absolute Gasteiger partial charge is 0.127 e. The van der Waals surface area contributed by atoms with Gasteiger partial charge in [0.25, 0.3) is 0 Å². The van der Waals surface area contributed by atoms with Crippen molar-refractivity contribution in [2.45, 2.75) is 6.42 Å². The zero-order valence-electron chi connectivity index (χ0n) is 5.34. The van der Waals surface area contributed by atoms with Gasteiger partial charge in [-0.05, 0) is 17.2 Å². The molecule has 0 saturated carbocycles. The van der Waals surface area contributed by atoms with Crippen molar-refractivity contribution in [2.75, 3.05) is 0 Å². The van der Waals surface area contributed by atoms with Gasteiger partial charge in [-0.25, -0.2) is 10.3 Å². The fourth-order valence-electron chi connectivity index (χ4n) is 1.06. The molecule has 2 aliphatic rings. The topological polar surface area (TPSA) is 46.2 Å². The standard InChI is InChI=1S/C7H5F.H3NO/c8-7-4-5-1-2-6(7)3-5;1-2/h1-2,4H,3H2;2H,1H2. The lowest BCUT2D eigenvalue weighted by Crippen LogP contribution is -1.72. The molecule has 0 radical (unpaired) electrons. The Labute approximate surface area is 58.1 Å². The first kappa shape index (κ1) is 7.18. The van der Waals surface area contributed by atoms with Crippen molar-refractivity contribution in [1.82, 2.24) is 0 Å². The summed E-state index contributed by atoms with van der Waals surface area (Å²) in [6.07, 6.45) is 6.21. The van der Waals surface area contributed by atoms with Crippen molar-refractivity contribution in [2.24, 2.45) is 5.90 Å². The second-order valence-corrected chi connectivity index (χ2v) is 2.10. The second kappa shape index (κ2) is 2.77. The van der Waals surface area contributed by atoms with Gasteiger partial charge in [0.2, 0.25) is 0 Å². The van der Waals surface area contributed by atoms with Gasteiger partial charge in [0, 0.05) is 6.42 Å². The predicted octanol–water partition coefficient (Wildman–Crippen LogP) is 1.44. The number of halogens is 1. The largest absolute Gasteiger partial charge is 0.320 e. The highest BCUT2D eigenvalue weighted by molar-refractivity contribution is 5.52. The van der Waals surface area contributed by atoms with Crippen molar-refractivity contribution in [1.29, 1.82) is 0 Å². The van der Waals surface area contributed by atoms with Gasteiger partial charge in [-0.3, -0.25) is 0 Å². The summed E-state index contributed by atoms with van der Waals surface area (Å²) in [4.78, 5) is 0. The molecule has 0 aromatic heterocycles. The Morgan fingerprint density at radius 2 is 2.10 bits per heavy atom. The van der Waals surface area contributed by atoms with Crippen LogP contribution < -0.4 is 5.90 Å². The number of fused-ring (bicyclic) bond motifs is 2. The first-order chi connectivity index (χ1) is 4.86. The summed E-state index contributed by atoms with van der Waals surface area (Å²) in [6.45, 7) is 0. The van der Waals surface area contributed by atoms with Crippen LogP contribution in [-0.4, -0.2) is 5.21 Å².